The standard InChI is InChI=1S/C62H50F2N2O2/c1-33(2)43-13-9-15-45-47-17-11-19-51(61(47)67-59(43)45)65(41-25-21-39(63)22-26-41)53-31-35(5)49-30-38(8)56-54(32-36(6)50-29-37(7)55(53)57(49)58(50)56)66(42-27-23-40(64)24-28-42)52-20-12-18-48-46-16-10-14-44(34(3)4)60(46)68-62(48)52/h9-34H,1-8H3. The van der Waals surface area contributed by atoms with Crippen LogP contribution in [-0.2, 0) is 0 Å². The van der Waals surface area contributed by atoms with E-state index in [1.165, 1.54) is 24.3 Å². The van der Waals surface area contributed by atoms with Gasteiger partial charge in [-0.2, -0.15) is 0 Å². The van der Waals surface area contributed by atoms with Gasteiger partial charge >= 0.3 is 0 Å². The molecule has 0 atom stereocenters. The van der Waals surface area contributed by atoms with E-state index in [0.29, 0.717) is 0 Å². The van der Waals surface area contributed by atoms with Crippen LogP contribution in [0, 0.1) is 39.3 Å². The molecule has 0 aliphatic carbocycles. The fourth-order valence-electron chi connectivity index (χ4n) is 11.2. The number of fused-ring (bicyclic) bond motifs is 6. The Morgan fingerprint density at radius 2 is 0.706 bits per heavy atom. The number of benzene rings is 10. The number of anilines is 6. The first-order chi connectivity index (χ1) is 32.9. The maximum atomic E-state index is 14.9. The van der Waals surface area contributed by atoms with Gasteiger partial charge in [0.1, 0.15) is 22.8 Å². The molecule has 0 radical (unpaired) electrons. The molecule has 2 heterocycles. The summed E-state index contributed by atoms with van der Waals surface area (Å²) >= 11 is 0. The van der Waals surface area contributed by atoms with Crippen LogP contribution in [0.3, 0.4) is 0 Å². The first kappa shape index (κ1) is 41.7. The van der Waals surface area contributed by atoms with Gasteiger partial charge in [0, 0.05) is 54.5 Å². The minimum atomic E-state index is -0.303. The van der Waals surface area contributed by atoms with Crippen LogP contribution in [0.25, 0.3) is 76.2 Å². The average Bonchev–Trinajstić information content (AvgIpc) is 3.91. The van der Waals surface area contributed by atoms with Gasteiger partial charge < -0.3 is 18.6 Å². The number of nitrogens with zero attached hydrogens (tertiary/aromatic N) is 2. The first-order valence-electron chi connectivity index (χ1n) is 23.6. The van der Waals surface area contributed by atoms with Crippen molar-refractivity contribution in [3.8, 4) is 0 Å². The van der Waals surface area contributed by atoms with Crippen molar-refractivity contribution in [1.82, 2.24) is 0 Å². The van der Waals surface area contributed by atoms with Crippen molar-refractivity contribution >= 4 is 110 Å². The number of rotatable bonds is 8. The second kappa shape index (κ2) is 15.4. The first-order valence-corrected chi connectivity index (χ1v) is 23.6. The number of hydrogen-bond donors (Lipinski definition) is 0. The highest BCUT2D eigenvalue weighted by Gasteiger charge is 2.29. The van der Waals surface area contributed by atoms with E-state index in [-0.39, 0.29) is 23.5 Å². The molecule has 2 aromatic heterocycles. The number of hydrogen-bond acceptors (Lipinski definition) is 4. The third-order valence-corrected chi connectivity index (χ3v) is 14.3. The lowest BCUT2D eigenvalue weighted by Crippen LogP contribution is -2.13. The van der Waals surface area contributed by atoms with Gasteiger partial charge in [-0.25, -0.2) is 8.78 Å². The highest BCUT2D eigenvalue weighted by Crippen LogP contribution is 2.53. The summed E-state index contributed by atoms with van der Waals surface area (Å²) in [5, 5.41) is 11.0. The molecule has 4 nitrogen and oxygen atoms in total. The third-order valence-electron chi connectivity index (χ3n) is 14.3. The molecule has 0 unspecified atom stereocenters. The Morgan fingerprint density at radius 3 is 1.07 bits per heavy atom. The molecular formula is C62H50F2N2O2. The smallest absolute Gasteiger partial charge is 0.159 e. The van der Waals surface area contributed by atoms with Crippen LogP contribution in [0.1, 0.15) is 72.9 Å². The van der Waals surface area contributed by atoms with Gasteiger partial charge in [-0.15, -0.1) is 0 Å². The molecule has 6 heteroatoms. The van der Waals surface area contributed by atoms with E-state index in [0.717, 1.165) is 144 Å². The topological polar surface area (TPSA) is 32.8 Å². The largest absolute Gasteiger partial charge is 0.454 e. The summed E-state index contributed by atoms with van der Waals surface area (Å²) in [7, 11) is 0. The SMILES string of the molecule is Cc1cc(N(c2ccc(F)cc2)c2cccc3c2oc2c(C(C)C)cccc23)c2c(C)cc3c(C)cc(N(c4ccc(F)cc4)c4cccc5c4oc4c(C(C)C)cccc45)c4c(C)cc1c2c34. The van der Waals surface area contributed by atoms with E-state index >= 15 is 0 Å². The molecule has 0 bridgehead atoms. The Kier molecular flexibility index (Phi) is 9.46. The Hall–Kier alpha value is -7.70. The second-order valence-electron chi connectivity index (χ2n) is 19.3. The number of furan rings is 2. The van der Waals surface area contributed by atoms with E-state index in [9.17, 15) is 8.78 Å². The van der Waals surface area contributed by atoms with Crippen LogP contribution < -0.4 is 9.80 Å². The molecule has 0 saturated heterocycles. The lowest BCUT2D eigenvalue weighted by molar-refractivity contribution is 0.627. The van der Waals surface area contributed by atoms with Crippen LogP contribution in [0.4, 0.5) is 42.9 Å². The van der Waals surface area contributed by atoms with Gasteiger partial charge in [-0.05, 0) is 156 Å². The Balaban J connectivity index is 1.19. The van der Waals surface area contributed by atoms with E-state index in [4.69, 9.17) is 8.83 Å². The predicted octanol–water partition coefficient (Wildman–Crippen LogP) is 19.1. The molecule has 334 valence electrons. The maximum absolute atomic E-state index is 14.9. The minimum Gasteiger partial charge on any atom is -0.454 e. The molecule has 10 aromatic carbocycles. The fraction of sp³-hybridized carbons (Fsp3) is 0.161. The molecule has 12 aromatic rings. The van der Waals surface area contributed by atoms with Crippen molar-refractivity contribution in [3.05, 3.63) is 191 Å². The average molecular weight is 893 g/mol. The van der Waals surface area contributed by atoms with Crippen LogP contribution in [0.5, 0.6) is 0 Å². The van der Waals surface area contributed by atoms with Crippen molar-refractivity contribution in [2.75, 3.05) is 9.80 Å². The zero-order valence-corrected chi connectivity index (χ0v) is 39.5. The lowest BCUT2D eigenvalue weighted by Gasteiger charge is -2.31. The van der Waals surface area contributed by atoms with Crippen molar-refractivity contribution < 1.29 is 17.6 Å². The summed E-state index contributed by atoms with van der Waals surface area (Å²) in [6.07, 6.45) is 0. The van der Waals surface area contributed by atoms with Gasteiger partial charge in [0.15, 0.2) is 11.2 Å². The number of aryl methyl sites for hydroxylation is 4. The quantitative estimate of drug-likeness (QED) is 0.142. The zero-order chi connectivity index (χ0) is 46.9. The van der Waals surface area contributed by atoms with Crippen LogP contribution in [-0.4, -0.2) is 0 Å². The van der Waals surface area contributed by atoms with Crippen LogP contribution in [0.15, 0.2) is 154 Å². The molecule has 68 heavy (non-hydrogen) atoms. The molecular weight excluding hydrogens is 843 g/mol. The van der Waals surface area contributed by atoms with Gasteiger partial charge in [0.2, 0.25) is 0 Å². The van der Waals surface area contributed by atoms with Crippen LogP contribution in [0.2, 0.25) is 0 Å². The molecule has 0 amide bonds. The molecule has 0 fully saturated rings. The van der Waals surface area contributed by atoms with Crippen molar-refractivity contribution in [3.63, 3.8) is 0 Å². The van der Waals surface area contributed by atoms with Crippen molar-refractivity contribution in [2.24, 2.45) is 0 Å². The summed E-state index contributed by atoms with van der Waals surface area (Å²) < 4.78 is 43.8. The van der Waals surface area contributed by atoms with E-state index < -0.39 is 0 Å². The Labute approximate surface area is 393 Å². The zero-order valence-electron chi connectivity index (χ0n) is 39.5. The fourth-order valence-corrected chi connectivity index (χ4v) is 11.2. The lowest BCUT2D eigenvalue weighted by atomic mass is 9.84. The summed E-state index contributed by atoms with van der Waals surface area (Å²) in [6.45, 7) is 17.6. The van der Waals surface area contributed by atoms with Gasteiger partial charge in [0.25, 0.3) is 0 Å². The van der Waals surface area contributed by atoms with E-state index in [1.807, 2.05) is 24.3 Å². The number of para-hydroxylation sites is 4. The van der Waals surface area contributed by atoms with E-state index in [2.05, 4.69) is 162 Å². The minimum absolute atomic E-state index is 0.263. The predicted molar refractivity (Wildman–Crippen MR) is 281 cm³/mol. The third kappa shape index (κ3) is 6.16. The highest BCUT2D eigenvalue weighted by molar-refractivity contribution is 6.31. The van der Waals surface area contributed by atoms with Gasteiger partial charge in [0.05, 0.1) is 22.7 Å². The summed E-state index contributed by atoms with van der Waals surface area (Å²) in [5.41, 5.74) is 15.4. The van der Waals surface area contributed by atoms with Crippen molar-refractivity contribution in [2.45, 2.75) is 67.2 Å². The Bertz CT molecular complexity index is 3730. The molecule has 0 saturated carbocycles. The normalized spacial score (nSPS) is 12.2. The molecule has 0 spiro atoms. The molecule has 12 rings (SSSR count). The summed E-state index contributed by atoms with van der Waals surface area (Å²) in [4.78, 5) is 4.51. The molecule has 0 aliphatic rings. The summed E-state index contributed by atoms with van der Waals surface area (Å²) in [5.74, 6) is -0.0800. The second-order valence-corrected chi connectivity index (χ2v) is 19.3. The maximum Gasteiger partial charge on any atom is 0.159 e. The van der Waals surface area contributed by atoms with Crippen molar-refractivity contribution in [1.29, 1.82) is 0 Å². The monoisotopic (exact) mass is 892 g/mol. The van der Waals surface area contributed by atoms with Gasteiger partial charge in [-0.1, -0.05) is 100 Å². The summed E-state index contributed by atoms with van der Waals surface area (Å²) in [6, 6.07) is 48.2. The van der Waals surface area contributed by atoms with Gasteiger partial charge in [-0.3, -0.25) is 0 Å². The van der Waals surface area contributed by atoms with E-state index in [1.54, 1.807) is 0 Å². The Morgan fingerprint density at radius 1 is 0.353 bits per heavy atom. The molecule has 0 N–H and O–H groups in total. The number of halogens is 2. The highest BCUT2D eigenvalue weighted by atomic mass is 19.1. The molecule has 0 aliphatic heterocycles. The van der Waals surface area contributed by atoms with Crippen LogP contribution >= 0.6 is 0 Å².